The minimum Gasteiger partial charge on any atom is -0.469 e. The van der Waals surface area contributed by atoms with Crippen LogP contribution in [0.1, 0.15) is 16.2 Å². The lowest BCUT2D eigenvalue weighted by Crippen LogP contribution is -2.12. The van der Waals surface area contributed by atoms with Gasteiger partial charge in [-0.3, -0.25) is 4.79 Å². The maximum Gasteiger partial charge on any atom is 0.358 e. The quantitative estimate of drug-likeness (QED) is 0.798. The van der Waals surface area contributed by atoms with Crippen molar-refractivity contribution in [2.75, 3.05) is 14.2 Å². The monoisotopic (exact) mass is 282 g/mol. The van der Waals surface area contributed by atoms with Crippen LogP contribution in [0, 0.1) is 0 Å². The molecule has 100 valence electrons. The molecule has 0 aliphatic rings. The lowest BCUT2D eigenvalue weighted by atomic mass is 10.2. The lowest BCUT2D eigenvalue weighted by Gasteiger charge is -2.03. The van der Waals surface area contributed by atoms with Gasteiger partial charge in [-0.05, 0) is 6.07 Å². The molecule has 0 N–H and O–H groups in total. The summed E-state index contributed by atoms with van der Waals surface area (Å²) in [6.45, 7) is 0. The second-order valence-corrected chi connectivity index (χ2v) is 4.16. The number of hydrogen-bond acceptors (Lipinski definition) is 5. The number of fused-ring (bicyclic) bond motifs is 1. The van der Waals surface area contributed by atoms with Crippen LogP contribution in [0.3, 0.4) is 0 Å². The molecule has 2 rings (SSSR count). The molecule has 7 heteroatoms. The number of rotatable bonds is 3. The molecule has 0 unspecified atom stereocenters. The predicted molar refractivity (Wildman–Crippen MR) is 67.3 cm³/mol. The number of halogens is 1. The molecular formula is C12H11ClN2O4. The number of carbonyl (C=O) groups is 2. The summed E-state index contributed by atoms with van der Waals surface area (Å²) in [4.78, 5) is 27.2. The molecule has 0 aliphatic carbocycles. The normalized spacial score (nSPS) is 10.5. The summed E-state index contributed by atoms with van der Waals surface area (Å²) in [6.07, 6.45) is 1.55. The van der Waals surface area contributed by atoms with Crippen molar-refractivity contribution in [2.24, 2.45) is 0 Å². The van der Waals surface area contributed by atoms with Crippen LogP contribution in [-0.4, -0.2) is 35.5 Å². The first kappa shape index (κ1) is 13.4. The standard InChI is InChI=1S/C12H11ClN2O4/c1-18-10(16)6-8-11(12(17)19-2)14-9-5-7(13)3-4-15(8)9/h3-5H,6H2,1-2H3. The van der Waals surface area contributed by atoms with Gasteiger partial charge < -0.3 is 13.9 Å². The molecule has 19 heavy (non-hydrogen) atoms. The van der Waals surface area contributed by atoms with Crippen molar-refractivity contribution in [3.8, 4) is 0 Å². The maximum absolute atomic E-state index is 11.7. The number of imidazole rings is 1. The highest BCUT2D eigenvalue weighted by Crippen LogP contribution is 2.18. The second kappa shape index (κ2) is 5.27. The molecule has 2 aromatic rings. The van der Waals surface area contributed by atoms with E-state index in [9.17, 15) is 9.59 Å². The largest absolute Gasteiger partial charge is 0.469 e. The highest BCUT2D eigenvalue weighted by Gasteiger charge is 2.21. The Hall–Kier alpha value is -2.08. The Bertz CT molecular complexity index is 650. The first-order valence-electron chi connectivity index (χ1n) is 5.38. The van der Waals surface area contributed by atoms with Gasteiger partial charge in [0.05, 0.1) is 26.3 Å². The minimum atomic E-state index is -0.612. The summed E-state index contributed by atoms with van der Waals surface area (Å²) in [5.74, 6) is -1.08. The molecule has 0 aromatic carbocycles. The molecule has 0 atom stereocenters. The van der Waals surface area contributed by atoms with Crippen molar-refractivity contribution in [1.29, 1.82) is 0 Å². The third kappa shape index (κ3) is 2.53. The third-order valence-corrected chi connectivity index (χ3v) is 2.84. The number of carbonyl (C=O) groups excluding carboxylic acids is 2. The highest BCUT2D eigenvalue weighted by atomic mass is 35.5. The number of nitrogens with zero attached hydrogens (tertiary/aromatic N) is 2. The van der Waals surface area contributed by atoms with Gasteiger partial charge in [-0.1, -0.05) is 11.6 Å². The molecular weight excluding hydrogens is 272 g/mol. The molecule has 0 saturated heterocycles. The van der Waals surface area contributed by atoms with E-state index in [1.165, 1.54) is 14.2 Å². The van der Waals surface area contributed by atoms with E-state index in [1.807, 2.05) is 0 Å². The molecule has 0 aliphatic heterocycles. The summed E-state index contributed by atoms with van der Waals surface area (Å²) in [6, 6.07) is 3.23. The van der Waals surface area contributed by atoms with Crippen LogP contribution in [0.5, 0.6) is 0 Å². The van der Waals surface area contributed by atoms with Gasteiger partial charge in [0.1, 0.15) is 5.65 Å². The highest BCUT2D eigenvalue weighted by molar-refractivity contribution is 6.30. The zero-order chi connectivity index (χ0) is 14.0. The van der Waals surface area contributed by atoms with Crippen LogP contribution in [0.15, 0.2) is 18.3 Å². The fourth-order valence-electron chi connectivity index (χ4n) is 1.71. The Balaban J connectivity index is 2.61. The van der Waals surface area contributed by atoms with Crippen molar-refractivity contribution >= 4 is 29.2 Å². The van der Waals surface area contributed by atoms with Crippen molar-refractivity contribution in [2.45, 2.75) is 6.42 Å². The van der Waals surface area contributed by atoms with Crippen LogP contribution in [-0.2, 0) is 20.7 Å². The average molecular weight is 283 g/mol. The smallest absolute Gasteiger partial charge is 0.358 e. The van der Waals surface area contributed by atoms with Crippen molar-refractivity contribution < 1.29 is 19.1 Å². The summed E-state index contributed by atoms with van der Waals surface area (Å²) in [7, 11) is 2.53. The van der Waals surface area contributed by atoms with Gasteiger partial charge >= 0.3 is 11.9 Å². The van der Waals surface area contributed by atoms with E-state index < -0.39 is 11.9 Å². The van der Waals surface area contributed by atoms with E-state index in [-0.39, 0.29) is 12.1 Å². The molecule has 0 radical (unpaired) electrons. The number of hydrogen-bond donors (Lipinski definition) is 0. The van der Waals surface area contributed by atoms with E-state index in [1.54, 1.807) is 22.7 Å². The molecule has 0 fully saturated rings. The average Bonchev–Trinajstić information content (AvgIpc) is 2.75. The van der Waals surface area contributed by atoms with Crippen molar-refractivity contribution in [1.82, 2.24) is 9.38 Å². The summed E-state index contributed by atoms with van der Waals surface area (Å²) >= 11 is 5.87. The third-order valence-electron chi connectivity index (χ3n) is 2.61. The lowest BCUT2D eigenvalue weighted by molar-refractivity contribution is -0.139. The van der Waals surface area contributed by atoms with Crippen LogP contribution in [0.4, 0.5) is 0 Å². The van der Waals surface area contributed by atoms with E-state index in [0.717, 1.165) is 0 Å². The molecule has 2 aromatic heterocycles. The Kier molecular flexibility index (Phi) is 3.71. The van der Waals surface area contributed by atoms with Crippen LogP contribution in [0.25, 0.3) is 5.65 Å². The van der Waals surface area contributed by atoms with Gasteiger partial charge in [0.25, 0.3) is 0 Å². The number of ether oxygens (including phenoxy) is 2. The Labute approximate surface area is 113 Å². The minimum absolute atomic E-state index is 0.0789. The number of methoxy groups -OCH3 is 2. The predicted octanol–water partition coefficient (Wildman–Crippen LogP) is 1.49. The molecule has 0 amide bonds. The topological polar surface area (TPSA) is 69.9 Å². The summed E-state index contributed by atoms with van der Waals surface area (Å²) in [5.41, 5.74) is 0.951. The fourth-order valence-corrected chi connectivity index (χ4v) is 1.86. The van der Waals surface area contributed by atoms with Gasteiger partial charge in [0.15, 0.2) is 5.69 Å². The SMILES string of the molecule is COC(=O)Cc1c(C(=O)OC)nc2cc(Cl)ccn12. The van der Waals surface area contributed by atoms with Crippen LogP contribution >= 0.6 is 11.6 Å². The molecule has 6 nitrogen and oxygen atoms in total. The van der Waals surface area contributed by atoms with Gasteiger partial charge in [-0.25, -0.2) is 9.78 Å². The Morgan fingerprint density at radius 2 is 2.11 bits per heavy atom. The first-order valence-corrected chi connectivity index (χ1v) is 5.76. The van der Waals surface area contributed by atoms with E-state index in [4.69, 9.17) is 11.6 Å². The maximum atomic E-state index is 11.7. The van der Waals surface area contributed by atoms with E-state index in [2.05, 4.69) is 14.5 Å². The van der Waals surface area contributed by atoms with E-state index in [0.29, 0.717) is 16.4 Å². The first-order chi connectivity index (χ1) is 9.06. The van der Waals surface area contributed by atoms with E-state index >= 15 is 0 Å². The fraction of sp³-hybridized carbons (Fsp3) is 0.250. The molecule has 0 spiro atoms. The molecule has 2 heterocycles. The van der Waals surface area contributed by atoms with Gasteiger partial charge in [0.2, 0.25) is 0 Å². The number of aromatic nitrogens is 2. The Morgan fingerprint density at radius 1 is 1.37 bits per heavy atom. The van der Waals surface area contributed by atoms with Gasteiger partial charge in [0, 0.05) is 17.3 Å². The summed E-state index contributed by atoms with van der Waals surface area (Å²) in [5, 5.41) is 0.485. The number of esters is 2. The summed E-state index contributed by atoms with van der Waals surface area (Å²) < 4.78 is 10.9. The zero-order valence-corrected chi connectivity index (χ0v) is 11.1. The van der Waals surface area contributed by atoms with Crippen molar-refractivity contribution in [3.63, 3.8) is 0 Å². The Morgan fingerprint density at radius 3 is 2.74 bits per heavy atom. The van der Waals surface area contributed by atoms with Gasteiger partial charge in [-0.2, -0.15) is 0 Å². The van der Waals surface area contributed by atoms with Crippen LogP contribution < -0.4 is 0 Å². The second-order valence-electron chi connectivity index (χ2n) is 3.72. The molecule has 0 saturated carbocycles. The van der Waals surface area contributed by atoms with Gasteiger partial charge in [-0.15, -0.1) is 0 Å². The molecule has 0 bridgehead atoms. The number of pyridine rings is 1. The van der Waals surface area contributed by atoms with Crippen LogP contribution in [0.2, 0.25) is 5.02 Å². The van der Waals surface area contributed by atoms with Crippen molar-refractivity contribution in [3.05, 3.63) is 34.7 Å². The zero-order valence-electron chi connectivity index (χ0n) is 10.3.